The highest BCUT2D eigenvalue weighted by Gasteiger charge is 2.18. The van der Waals surface area contributed by atoms with Gasteiger partial charge in [-0.25, -0.2) is 14.6 Å². The second-order valence-corrected chi connectivity index (χ2v) is 6.69. The Morgan fingerprint density at radius 3 is 2.27 bits per heavy atom. The van der Waals surface area contributed by atoms with E-state index in [1.807, 2.05) is 47.6 Å². The van der Waals surface area contributed by atoms with Crippen LogP contribution in [-0.4, -0.2) is 44.1 Å². The van der Waals surface area contributed by atoms with E-state index in [9.17, 15) is 9.59 Å². The van der Waals surface area contributed by atoms with E-state index < -0.39 is 0 Å². The van der Waals surface area contributed by atoms with Crippen molar-refractivity contribution < 1.29 is 9.59 Å². The predicted octanol–water partition coefficient (Wildman–Crippen LogP) is 1.08. The van der Waals surface area contributed by atoms with Gasteiger partial charge in [-0.2, -0.15) is 5.10 Å². The van der Waals surface area contributed by atoms with Crippen LogP contribution in [0.3, 0.4) is 0 Å². The van der Waals surface area contributed by atoms with Gasteiger partial charge in [-0.3, -0.25) is 9.59 Å². The normalized spacial score (nSPS) is 10.9. The molecule has 2 rings (SSSR count). The maximum atomic E-state index is 12.2. The van der Waals surface area contributed by atoms with Crippen LogP contribution in [0.25, 0.3) is 5.95 Å². The molecule has 8 nitrogen and oxygen atoms in total. The van der Waals surface area contributed by atoms with Gasteiger partial charge in [0.1, 0.15) is 0 Å². The molecule has 0 aromatic carbocycles. The minimum atomic E-state index is -0.226. The van der Waals surface area contributed by atoms with Crippen molar-refractivity contribution >= 4 is 11.8 Å². The summed E-state index contributed by atoms with van der Waals surface area (Å²) in [6.45, 7) is 11.2. The quantitative estimate of drug-likeness (QED) is 0.804. The molecule has 8 heteroatoms. The zero-order valence-corrected chi connectivity index (χ0v) is 16.2. The minimum Gasteiger partial charge on any atom is -0.352 e. The zero-order valence-electron chi connectivity index (χ0n) is 16.2. The Hall–Kier alpha value is -2.77. The molecule has 0 radical (unpaired) electrons. The molecule has 2 N–H and O–H groups in total. The molecule has 2 amide bonds. The summed E-state index contributed by atoms with van der Waals surface area (Å²) in [6.07, 6.45) is 0.150. The molecule has 0 atom stereocenters. The molecular formula is C18H26N6O2. The highest BCUT2D eigenvalue weighted by atomic mass is 16.2. The SMILES string of the molecule is Cc1cc(C)nc(-n2nc(C)c(CC(=O)NCC(=O)NC(C)C)c2C)n1. The number of amides is 2. The molecule has 2 heterocycles. The van der Waals surface area contributed by atoms with Crippen molar-refractivity contribution in [2.45, 2.75) is 54.0 Å². The molecular weight excluding hydrogens is 332 g/mol. The molecule has 0 saturated carbocycles. The number of hydrogen-bond acceptors (Lipinski definition) is 5. The summed E-state index contributed by atoms with van der Waals surface area (Å²) < 4.78 is 1.66. The molecule has 0 unspecified atom stereocenters. The van der Waals surface area contributed by atoms with E-state index in [0.717, 1.165) is 28.3 Å². The van der Waals surface area contributed by atoms with Gasteiger partial charge in [0, 0.05) is 28.7 Å². The fraction of sp³-hybridized carbons (Fsp3) is 0.500. The Morgan fingerprint density at radius 2 is 1.69 bits per heavy atom. The van der Waals surface area contributed by atoms with Gasteiger partial charge in [0.05, 0.1) is 18.7 Å². The second kappa shape index (κ2) is 8.07. The summed E-state index contributed by atoms with van der Waals surface area (Å²) in [6, 6.07) is 1.94. The van der Waals surface area contributed by atoms with E-state index in [4.69, 9.17) is 0 Å². The van der Waals surface area contributed by atoms with Crippen molar-refractivity contribution in [3.63, 3.8) is 0 Å². The maximum absolute atomic E-state index is 12.2. The Kier molecular flexibility index (Phi) is 6.07. The van der Waals surface area contributed by atoms with Crippen LogP contribution in [0.15, 0.2) is 6.07 Å². The number of nitrogens with zero attached hydrogens (tertiary/aromatic N) is 4. The van der Waals surface area contributed by atoms with E-state index in [0.29, 0.717) is 5.95 Å². The van der Waals surface area contributed by atoms with Crippen LogP contribution < -0.4 is 10.6 Å². The Bertz CT molecular complexity index is 805. The number of rotatable bonds is 6. The van der Waals surface area contributed by atoms with E-state index in [2.05, 4.69) is 25.7 Å². The van der Waals surface area contributed by atoms with Gasteiger partial charge in [0.15, 0.2) is 0 Å². The first-order valence-corrected chi connectivity index (χ1v) is 8.61. The van der Waals surface area contributed by atoms with Gasteiger partial charge in [-0.05, 0) is 47.6 Å². The molecule has 0 spiro atoms. The lowest BCUT2D eigenvalue weighted by Crippen LogP contribution is -2.40. The molecule has 0 fully saturated rings. The predicted molar refractivity (Wildman–Crippen MR) is 98.1 cm³/mol. The Labute approximate surface area is 153 Å². The molecule has 26 heavy (non-hydrogen) atoms. The Balaban J connectivity index is 2.12. The van der Waals surface area contributed by atoms with Crippen molar-refractivity contribution in [1.29, 1.82) is 0 Å². The Morgan fingerprint density at radius 1 is 1.08 bits per heavy atom. The van der Waals surface area contributed by atoms with Gasteiger partial charge in [0.2, 0.25) is 11.8 Å². The highest BCUT2D eigenvalue weighted by Crippen LogP contribution is 2.17. The van der Waals surface area contributed by atoms with Crippen molar-refractivity contribution in [1.82, 2.24) is 30.4 Å². The van der Waals surface area contributed by atoms with Crippen molar-refractivity contribution in [3.8, 4) is 5.95 Å². The number of aromatic nitrogens is 4. The molecule has 0 saturated heterocycles. The molecule has 0 aliphatic carbocycles. The van der Waals surface area contributed by atoms with Crippen LogP contribution in [0.5, 0.6) is 0 Å². The lowest BCUT2D eigenvalue weighted by atomic mass is 10.1. The first-order chi connectivity index (χ1) is 12.2. The summed E-state index contributed by atoms with van der Waals surface area (Å²) >= 11 is 0. The average molecular weight is 358 g/mol. The smallest absolute Gasteiger partial charge is 0.251 e. The third-order valence-corrected chi connectivity index (χ3v) is 3.83. The third kappa shape index (κ3) is 4.87. The molecule has 2 aromatic heterocycles. The number of carbonyl (C=O) groups excluding carboxylic acids is 2. The summed E-state index contributed by atoms with van der Waals surface area (Å²) in [4.78, 5) is 32.7. The van der Waals surface area contributed by atoms with E-state index in [1.165, 1.54) is 0 Å². The summed E-state index contributed by atoms with van der Waals surface area (Å²) in [5, 5.41) is 9.86. The van der Waals surface area contributed by atoms with Gasteiger partial charge < -0.3 is 10.6 Å². The van der Waals surface area contributed by atoms with Gasteiger partial charge in [-0.1, -0.05) is 0 Å². The number of nitrogens with one attached hydrogen (secondary N) is 2. The highest BCUT2D eigenvalue weighted by molar-refractivity contribution is 5.86. The number of hydrogen-bond donors (Lipinski definition) is 2. The van der Waals surface area contributed by atoms with Gasteiger partial charge in [0.25, 0.3) is 5.95 Å². The fourth-order valence-electron chi connectivity index (χ4n) is 2.70. The van der Waals surface area contributed by atoms with Crippen LogP contribution >= 0.6 is 0 Å². The second-order valence-electron chi connectivity index (χ2n) is 6.69. The maximum Gasteiger partial charge on any atom is 0.251 e. The first kappa shape index (κ1) is 19.6. The van der Waals surface area contributed by atoms with Gasteiger partial charge >= 0.3 is 0 Å². The molecule has 0 aliphatic rings. The number of aryl methyl sites for hydroxylation is 3. The topological polar surface area (TPSA) is 102 Å². The molecule has 2 aromatic rings. The standard InChI is InChI=1S/C18H26N6O2/c1-10(2)20-17(26)9-19-16(25)8-15-13(5)23-24(14(15)6)18-21-11(3)7-12(4)22-18/h7,10H,8-9H2,1-6H3,(H,19,25)(H,20,26). The monoisotopic (exact) mass is 358 g/mol. The van der Waals surface area contributed by atoms with Crippen LogP contribution in [0.4, 0.5) is 0 Å². The fourth-order valence-corrected chi connectivity index (χ4v) is 2.70. The number of carbonyl (C=O) groups is 2. The van der Waals surface area contributed by atoms with E-state index >= 15 is 0 Å². The average Bonchev–Trinajstić information content (AvgIpc) is 2.79. The van der Waals surface area contributed by atoms with Crippen LogP contribution in [0.1, 0.15) is 42.2 Å². The van der Waals surface area contributed by atoms with Crippen molar-refractivity contribution in [2.24, 2.45) is 0 Å². The summed E-state index contributed by atoms with van der Waals surface area (Å²) in [7, 11) is 0. The van der Waals surface area contributed by atoms with Crippen LogP contribution in [-0.2, 0) is 16.0 Å². The van der Waals surface area contributed by atoms with Crippen molar-refractivity contribution in [3.05, 3.63) is 34.4 Å². The zero-order chi connectivity index (χ0) is 19.4. The lowest BCUT2D eigenvalue weighted by Gasteiger charge is -2.09. The summed E-state index contributed by atoms with van der Waals surface area (Å²) in [5.74, 6) is 0.0585. The van der Waals surface area contributed by atoms with E-state index in [1.54, 1.807) is 4.68 Å². The first-order valence-electron chi connectivity index (χ1n) is 8.61. The van der Waals surface area contributed by atoms with Crippen LogP contribution in [0.2, 0.25) is 0 Å². The van der Waals surface area contributed by atoms with Crippen LogP contribution in [0, 0.1) is 27.7 Å². The molecule has 140 valence electrons. The largest absolute Gasteiger partial charge is 0.352 e. The van der Waals surface area contributed by atoms with Crippen molar-refractivity contribution in [2.75, 3.05) is 6.54 Å². The van der Waals surface area contributed by atoms with E-state index in [-0.39, 0.29) is 30.8 Å². The molecule has 0 aliphatic heterocycles. The minimum absolute atomic E-state index is 0.0383. The third-order valence-electron chi connectivity index (χ3n) is 3.83. The lowest BCUT2D eigenvalue weighted by molar-refractivity contribution is -0.126. The summed E-state index contributed by atoms with van der Waals surface area (Å²) in [5.41, 5.74) is 4.09. The van der Waals surface area contributed by atoms with Gasteiger partial charge in [-0.15, -0.1) is 0 Å². The molecule has 0 bridgehead atoms.